The number of hydrogen-bond acceptors (Lipinski definition) is 5. The molecular weight excluding hydrogens is 454 g/mol. The second kappa shape index (κ2) is 9.31. The quantitative estimate of drug-likeness (QED) is 0.564. The predicted octanol–water partition coefficient (Wildman–Crippen LogP) is 4.41. The second-order valence-corrected chi connectivity index (χ2v) is 9.35. The van der Waals surface area contributed by atoms with E-state index in [0.29, 0.717) is 42.6 Å². The third-order valence-electron chi connectivity index (χ3n) is 6.91. The van der Waals surface area contributed by atoms with Gasteiger partial charge in [-0.15, -0.1) is 0 Å². The number of rotatable bonds is 6. The zero-order valence-corrected chi connectivity index (χ0v) is 20.2. The van der Waals surface area contributed by atoms with E-state index in [2.05, 4.69) is 16.5 Å². The molecule has 2 aliphatic heterocycles. The van der Waals surface area contributed by atoms with E-state index >= 15 is 0 Å². The topological polar surface area (TPSA) is 74.6 Å². The van der Waals surface area contributed by atoms with Crippen LogP contribution in [0.25, 0.3) is 0 Å². The van der Waals surface area contributed by atoms with Crippen LogP contribution in [0.15, 0.2) is 42.5 Å². The molecule has 0 atom stereocenters. The summed E-state index contributed by atoms with van der Waals surface area (Å²) in [6, 6.07) is 13.7. The van der Waals surface area contributed by atoms with Crippen LogP contribution >= 0.6 is 11.6 Å². The third-order valence-corrected chi connectivity index (χ3v) is 7.28. The number of benzene rings is 2. The summed E-state index contributed by atoms with van der Waals surface area (Å²) >= 11 is 6.33. The molecule has 0 saturated carbocycles. The van der Waals surface area contributed by atoms with Gasteiger partial charge in [-0.1, -0.05) is 35.9 Å². The average molecular weight is 482 g/mol. The highest BCUT2D eigenvalue weighted by Crippen LogP contribution is 2.40. The molecule has 34 heavy (non-hydrogen) atoms. The van der Waals surface area contributed by atoms with Crippen molar-refractivity contribution in [3.63, 3.8) is 0 Å². The highest BCUT2D eigenvalue weighted by Gasteiger charge is 2.36. The lowest BCUT2D eigenvalue weighted by molar-refractivity contribution is 0.0486. The number of amides is 1. The fraction of sp³-hybridized carbons (Fsp3) is 0.385. The van der Waals surface area contributed by atoms with Crippen molar-refractivity contribution in [2.24, 2.45) is 0 Å². The molecule has 0 radical (unpaired) electrons. The van der Waals surface area contributed by atoms with E-state index in [1.807, 2.05) is 54.9 Å². The van der Waals surface area contributed by atoms with Gasteiger partial charge in [0.15, 0.2) is 11.5 Å². The molecule has 2 aliphatic rings. The maximum Gasteiger partial charge on any atom is 0.255 e. The van der Waals surface area contributed by atoms with Gasteiger partial charge in [0, 0.05) is 35.9 Å². The number of ether oxygens (including phenoxy) is 3. The summed E-state index contributed by atoms with van der Waals surface area (Å²) in [5.74, 6) is 1.39. The Bertz CT molecular complexity index is 1220. The number of nitrogens with zero attached hydrogens (tertiary/aromatic N) is 2. The number of hydrogen-bond donors (Lipinski definition) is 1. The van der Waals surface area contributed by atoms with Gasteiger partial charge in [-0.3, -0.25) is 9.48 Å². The van der Waals surface area contributed by atoms with Crippen LogP contribution in [0.4, 0.5) is 0 Å². The van der Waals surface area contributed by atoms with Crippen molar-refractivity contribution in [3.8, 4) is 11.5 Å². The first-order valence-corrected chi connectivity index (χ1v) is 11.9. The Labute approximate surface area is 204 Å². The number of carbonyl (C=O) groups is 1. The molecule has 2 aromatic carbocycles. The Kier molecular flexibility index (Phi) is 6.23. The molecule has 7 nitrogen and oxygen atoms in total. The SMILES string of the molecule is Cc1nn(Cc2ccccc2Cl)c(C)c1C(=O)NCC1(c2ccc3c(c2)OCO3)CCOCC1. The molecule has 3 aromatic rings. The summed E-state index contributed by atoms with van der Waals surface area (Å²) < 4.78 is 18.6. The van der Waals surface area contributed by atoms with Crippen molar-refractivity contribution >= 4 is 17.5 Å². The molecule has 1 saturated heterocycles. The van der Waals surface area contributed by atoms with E-state index in [4.69, 9.17) is 25.8 Å². The van der Waals surface area contributed by atoms with Gasteiger partial charge in [0.05, 0.1) is 17.8 Å². The predicted molar refractivity (Wildman–Crippen MR) is 129 cm³/mol. The van der Waals surface area contributed by atoms with Gasteiger partial charge in [-0.25, -0.2) is 0 Å². The highest BCUT2D eigenvalue weighted by molar-refractivity contribution is 6.31. The van der Waals surface area contributed by atoms with Gasteiger partial charge < -0.3 is 19.5 Å². The van der Waals surface area contributed by atoms with Crippen molar-refractivity contribution in [2.45, 2.75) is 38.6 Å². The normalized spacial score (nSPS) is 16.4. The zero-order valence-electron chi connectivity index (χ0n) is 19.4. The first kappa shape index (κ1) is 22.7. The second-order valence-electron chi connectivity index (χ2n) is 8.94. The molecule has 0 bridgehead atoms. The lowest BCUT2D eigenvalue weighted by atomic mass is 9.74. The fourth-order valence-electron chi connectivity index (χ4n) is 4.86. The number of aryl methyl sites for hydroxylation is 1. The largest absolute Gasteiger partial charge is 0.454 e. The van der Waals surface area contributed by atoms with Crippen molar-refractivity contribution in [1.82, 2.24) is 15.1 Å². The summed E-state index contributed by atoms with van der Waals surface area (Å²) in [4.78, 5) is 13.4. The third kappa shape index (κ3) is 4.26. The summed E-state index contributed by atoms with van der Waals surface area (Å²) in [6.07, 6.45) is 1.63. The lowest BCUT2D eigenvalue weighted by Crippen LogP contribution is -2.44. The Hall–Kier alpha value is -3.03. The molecule has 0 unspecified atom stereocenters. The van der Waals surface area contributed by atoms with Crippen molar-refractivity contribution in [3.05, 3.63) is 75.6 Å². The van der Waals surface area contributed by atoms with E-state index in [1.165, 1.54) is 0 Å². The Morgan fingerprint density at radius 1 is 1.12 bits per heavy atom. The van der Waals surface area contributed by atoms with Gasteiger partial charge in [0.2, 0.25) is 6.79 Å². The summed E-state index contributed by atoms with van der Waals surface area (Å²) in [5, 5.41) is 8.51. The summed E-state index contributed by atoms with van der Waals surface area (Å²) in [6.45, 7) is 6.35. The molecule has 1 aromatic heterocycles. The molecule has 3 heterocycles. The first-order chi connectivity index (χ1) is 16.5. The highest BCUT2D eigenvalue weighted by atomic mass is 35.5. The smallest absolute Gasteiger partial charge is 0.255 e. The Morgan fingerprint density at radius 2 is 1.88 bits per heavy atom. The monoisotopic (exact) mass is 481 g/mol. The number of carbonyl (C=O) groups excluding carboxylic acids is 1. The first-order valence-electron chi connectivity index (χ1n) is 11.5. The van der Waals surface area contributed by atoms with E-state index in [1.54, 1.807) is 0 Å². The van der Waals surface area contributed by atoms with Crippen LogP contribution in [0.3, 0.4) is 0 Å². The molecule has 0 spiro atoms. The van der Waals surface area contributed by atoms with E-state index in [9.17, 15) is 4.79 Å². The van der Waals surface area contributed by atoms with Gasteiger partial charge in [0.25, 0.3) is 5.91 Å². The van der Waals surface area contributed by atoms with E-state index in [-0.39, 0.29) is 18.1 Å². The number of aromatic nitrogens is 2. The maximum absolute atomic E-state index is 13.4. The Morgan fingerprint density at radius 3 is 2.68 bits per heavy atom. The summed E-state index contributed by atoms with van der Waals surface area (Å²) in [7, 11) is 0. The summed E-state index contributed by atoms with van der Waals surface area (Å²) in [5.41, 5.74) is 3.99. The molecular formula is C26H28ClN3O4. The minimum Gasteiger partial charge on any atom is -0.454 e. The number of nitrogens with one attached hydrogen (secondary N) is 1. The minimum absolute atomic E-state index is 0.119. The van der Waals surface area contributed by atoms with Crippen LogP contribution in [-0.4, -0.2) is 42.2 Å². The van der Waals surface area contributed by atoms with Gasteiger partial charge in [-0.2, -0.15) is 5.10 Å². The van der Waals surface area contributed by atoms with Crippen LogP contribution in [0.2, 0.25) is 5.02 Å². The van der Waals surface area contributed by atoms with Crippen LogP contribution in [0.5, 0.6) is 11.5 Å². The van der Waals surface area contributed by atoms with Crippen molar-refractivity contribution in [2.75, 3.05) is 26.6 Å². The molecule has 1 N–H and O–H groups in total. The van der Waals surface area contributed by atoms with Crippen molar-refractivity contribution < 1.29 is 19.0 Å². The molecule has 178 valence electrons. The average Bonchev–Trinajstić information content (AvgIpc) is 3.43. The Balaban J connectivity index is 1.36. The zero-order chi connectivity index (χ0) is 23.7. The van der Waals surface area contributed by atoms with Gasteiger partial charge >= 0.3 is 0 Å². The molecule has 1 fully saturated rings. The maximum atomic E-state index is 13.4. The molecule has 8 heteroatoms. The van der Waals surface area contributed by atoms with Crippen LogP contribution < -0.4 is 14.8 Å². The van der Waals surface area contributed by atoms with E-state index < -0.39 is 0 Å². The van der Waals surface area contributed by atoms with Crippen molar-refractivity contribution in [1.29, 1.82) is 0 Å². The number of halogens is 1. The minimum atomic E-state index is -0.232. The van der Waals surface area contributed by atoms with E-state index in [0.717, 1.165) is 41.2 Å². The van der Waals surface area contributed by atoms with Gasteiger partial charge in [0.1, 0.15) is 0 Å². The fourth-order valence-corrected chi connectivity index (χ4v) is 5.06. The van der Waals surface area contributed by atoms with Crippen LogP contribution in [0, 0.1) is 13.8 Å². The van der Waals surface area contributed by atoms with Crippen LogP contribution in [0.1, 0.15) is 45.7 Å². The lowest BCUT2D eigenvalue weighted by Gasteiger charge is -2.38. The molecule has 5 rings (SSSR count). The number of fused-ring (bicyclic) bond motifs is 1. The standard InChI is InChI=1S/C26H28ClN3O4/c1-17-24(18(2)30(29-17)14-19-5-3-4-6-21(19)27)25(31)28-15-26(9-11-32-12-10-26)20-7-8-22-23(13-20)34-16-33-22/h3-8,13H,9-12,14-16H2,1-2H3,(H,28,31). The van der Waals surface area contributed by atoms with Crippen LogP contribution in [-0.2, 0) is 16.7 Å². The molecule has 0 aliphatic carbocycles. The molecule has 1 amide bonds. The van der Waals surface area contributed by atoms with Gasteiger partial charge in [-0.05, 0) is 56.0 Å².